The molecule has 1 aromatic rings. The zero-order valence-corrected chi connectivity index (χ0v) is 13.1. The van der Waals surface area contributed by atoms with Gasteiger partial charge in [-0.15, -0.1) is 13.2 Å². The summed E-state index contributed by atoms with van der Waals surface area (Å²) in [6, 6.07) is 6.69. The lowest BCUT2D eigenvalue weighted by Crippen LogP contribution is -2.45. The summed E-state index contributed by atoms with van der Waals surface area (Å²) in [6.45, 7) is 11.4. The Labute approximate surface area is 131 Å². The van der Waals surface area contributed by atoms with Gasteiger partial charge in [0.15, 0.2) is 0 Å². The number of benzene rings is 1. The zero-order valence-electron chi connectivity index (χ0n) is 13.1. The Morgan fingerprint density at radius 3 is 2.09 bits per heavy atom. The van der Waals surface area contributed by atoms with Crippen LogP contribution in [-0.2, 0) is 4.79 Å². The molecular formula is C17H23N3O2. The fourth-order valence-corrected chi connectivity index (χ4v) is 1.72. The van der Waals surface area contributed by atoms with E-state index >= 15 is 0 Å². The largest absolute Gasteiger partial charge is 0.331 e. The van der Waals surface area contributed by atoms with E-state index < -0.39 is 5.54 Å². The van der Waals surface area contributed by atoms with Crippen molar-refractivity contribution in [1.82, 2.24) is 4.90 Å². The molecule has 0 spiro atoms. The number of nitrogens with two attached hydrogens (primary N) is 1. The normalized spacial score (nSPS) is 10.7. The second kappa shape index (κ2) is 7.56. The summed E-state index contributed by atoms with van der Waals surface area (Å²) in [4.78, 5) is 25.8. The van der Waals surface area contributed by atoms with Crippen LogP contribution in [0, 0.1) is 0 Å². The maximum atomic E-state index is 12.3. The Balaban J connectivity index is 2.83. The Bertz CT molecular complexity index is 546. The molecule has 0 fully saturated rings. The molecule has 0 aromatic heterocycles. The van der Waals surface area contributed by atoms with Crippen molar-refractivity contribution in [2.45, 2.75) is 19.4 Å². The molecule has 0 saturated carbocycles. The van der Waals surface area contributed by atoms with Crippen LogP contribution in [-0.4, -0.2) is 35.3 Å². The zero-order chi connectivity index (χ0) is 16.8. The number of rotatable bonds is 7. The first-order valence-corrected chi connectivity index (χ1v) is 7.01. The van der Waals surface area contributed by atoms with Crippen molar-refractivity contribution >= 4 is 17.5 Å². The molecule has 118 valence electrons. The molecule has 5 heteroatoms. The molecule has 1 aromatic carbocycles. The maximum absolute atomic E-state index is 12.3. The summed E-state index contributed by atoms with van der Waals surface area (Å²) in [5.74, 6) is -0.400. The highest BCUT2D eigenvalue weighted by molar-refractivity contribution is 5.98. The fourth-order valence-electron chi connectivity index (χ4n) is 1.72. The smallest absolute Gasteiger partial charge is 0.254 e. The molecule has 0 unspecified atom stereocenters. The first kappa shape index (κ1) is 17.7. The lowest BCUT2D eigenvalue weighted by atomic mass is 10.1. The number of hydrogen-bond donors (Lipinski definition) is 2. The highest BCUT2D eigenvalue weighted by atomic mass is 16.2. The van der Waals surface area contributed by atoms with Crippen LogP contribution in [0.2, 0.25) is 0 Å². The van der Waals surface area contributed by atoms with Gasteiger partial charge in [0.2, 0.25) is 5.91 Å². The molecule has 1 rings (SSSR count). The van der Waals surface area contributed by atoms with Crippen LogP contribution in [0.5, 0.6) is 0 Å². The van der Waals surface area contributed by atoms with Crippen molar-refractivity contribution < 1.29 is 9.59 Å². The second-order valence-corrected chi connectivity index (χ2v) is 5.54. The van der Waals surface area contributed by atoms with Crippen molar-refractivity contribution in [2.24, 2.45) is 5.73 Å². The monoisotopic (exact) mass is 301 g/mol. The minimum Gasteiger partial charge on any atom is -0.331 e. The molecule has 0 atom stereocenters. The van der Waals surface area contributed by atoms with E-state index in [4.69, 9.17) is 5.73 Å². The van der Waals surface area contributed by atoms with Gasteiger partial charge in [-0.1, -0.05) is 12.2 Å². The van der Waals surface area contributed by atoms with Crippen LogP contribution < -0.4 is 11.1 Å². The summed E-state index contributed by atoms with van der Waals surface area (Å²) in [6.07, 6.45) is 3.33. The number of carbonyl (C=O) groups excluding carboxylic acids is 2. The first-order valence-electron chi connectivity index (χ1n) is 7.01. The van der Waals surface area contributed by atoms with Crippen molar-refractivity contribution in [2.75, 3.05) is 18.4 Å². The Morgan fingerprint density at radius 2 is 1.68 bits per heavy atom. The topological polar surface area (TPSA) is 75.4 Å². The van der Waals surface area contributed by atoms with Gasteiger partial charge >= 0.3 is 0 Å². The van der Waals surface area contributed by atoms with E-state index in [1.54, 1.807) is 55.2 Å². The molecule has 3 N–H and O–H groups in total. The molecule has 0 heterocycles. The standard InChI is InChI=1S/C17H23N3O2/c1-5-11-20(12-6-2)15(21)13-7-9-14(10-8-13)19-16(22)17(3,4)18/h5-10H,1-2,11-12,18H2,3-4H3,(H,19,22). The molecule has 2 amide bonds. The molecule has 0 bridgehead atoms. The Kier molecular flexibility index (Phi) is 6.07. The number of nitrogens with one attached hydrogen (secondary N) is 1. The summed E-state index contributed by atoms with van der Waals surface area (Å²) in [7, 11) is 0. The van der Waals surface area contributed by atoms with Gasteiger partial charge in [0.25, 0.3) is 5.91 Å². The number of hydrogen-bond acceptors (Lipinski definition) is 3. The Morgan fingerprint density at radius 1 is 1.18 bits per heavy atom. The van der Waals surface area contributed by atoms with Crippen molar-refractivity contribution in [3.05, 3.63) is 55.1 Å². The second-order valence-electron chi connectivity index (χ2n) is 5.54. The minimum absolute atomic E-state index is 0.114. The predicted molar refractivity (Wildman–Crippen MR) is 89.6 cm³/mol. The summed E-state index contributed by atoms with van der Waals surface area (Å²) in [5, 5.41) is 2.71. The lowest BCUT2D eigenvalue weighted by molar-refractivity contribution is -0.120. The van der Waals surface area contributed by atoms with E-state index in [0.29, 0.717) is 24.3 Å². The third-order valence-electron chi connectivity index (χ3n) is 2.96. The van der Waals surface area contributed by atoms with Gasteiger partial charge in [0.05, 0.1) is 5.54 Å². The number of anilines is 1. The highest BCUT2D eigenvalue weighted by Crippen LogP contribution is 2.13. The van der Waals surface area contributed by atoms with Crippen molar-refractivity contribution in [1.29, 1.82) is 0 Å². The van der Waals surface area contributed by atoms with Gasteiger partial charge in [-0.05, 0) is 38.1 Å². The summed E-state index contributed by atoms with van der Waals surface area (Å²) in [5.41, 5.74) is 5.89. The molecule has 5 nitrogen and oxygen atoms in total. The Hall–Kier alpha value is -2.40. The minimum atomic E-state index is -0.959. The van der Waals surface area contributed by atoms with Crippen LogP contribution in [0.4, 0.5) is 5.69 Å². The van der Waals surface area contributed by atoms with Gasteiger partial charge in [0.1, 0.15) is 0 Å². The fraction of sp³-hybridized carbons (Fsp3) is 0.294. The van der Waals surface area contributed by atoms with E-state index in [-0.39, 0.29) is 11.8 Å². The van der Waals surface area contributed by atoms with Crippen molar-refractivity contribution in [3.8, 4) is 0 Å². The van der Waals surface area contributed by atoms with Crippen LogP contribution in [0.25, 0.3) is 0 Å². The highest BCUT2D eigenvalue weighted by Gasteiger charge is 2.22. The van der Waals surface area contributed by atoms with E-state index in [0.717, 1.165) is 0 Å². The first-order chi connectivity index (χ1) is 10.3. The van der Waals surface area contributed by atoms with Crippen molar-refractivity contribution in [3.63, 3.8) is 0 Å². The molecule has 0 radical (unpaired) electrons. The lowest BCUT2D eigenvalue weighted by Gasteiger charge is -2.20. The average Bonchev–Trinajstić information content (AvgIpc) is 2.46. The van der Waals surface area contributed by atoms with Crippen LogP contribution in [0.3, 0.4) is 0 Å². The van der Waals surface area contributed by atoms with Gasteiger partial charge in [0, 0.05) is 24.3 Å². The SMILES string of the molecule is C=CCN(CC=C)C(=O)c1ccc(NC(=O)C(C)(C)N)cc1. The molecule has 0 aliphatic carbocycles. The molecule has 0 saturated heterocycles. The third kappa shape index (κ3) is 4.86. The third-order valence-corrected chi connectivity index (χ3v) is 2.96. The van der Waals surface area contributed by atoms with Crippen LogP contribution in [0.15, 0.2) is 49.6 Å². The number of amides is 2. The van der Waals surface area contributed by atoms with Gasteiger partial charge in [-0.25, -0.2) is 0 Å². The summed E-state index contributed by atoms with van der Waals surface area (Å²) >= 11 is 0. The van der Waals surface area contributed by atoms with E-state index in [2.05, 4.69) is 18.5 Å². The van der Waals surface area contributed by atoms with Crippen LogP contribution in [0.1, 0.15) is 24.2 Å². The van der Waals surface area contributed by atoms with Gasteiger partial charge in [-0.2, -0.15) is 0 Å². The average molecular weight is 301 g/mol. The summed E-state index contributed by atoms with van der Waals surface area (Å²) < 4.78 is 0. The van der Waals surface area contributed by atoms with Gasteiger partial charge < -0.3 is 16.0 Å². The number of nitrogens with zero attached hydrogens (tertiary/aromatic N) is 1. The molecule has 0 aliphatic heterocycles. The molecular weight excluding hydrogens is 278 g/mol. The maximum Gasteiger partial charge on any atom is 0.254 e. The quantitative estimate of drug-likeness (QED) is 0.758. The number of carbonyl (C=O) groups is 2. The predicted octanol–water partition coefficient (Wildman–Crippen LogP) is 2.18. The van der Waals surface area contributed by atoms with Crippen LogP contribution >= 0.6 is 0 Å². The molecule has 22 heavy (non-hydrogen) atoms. The molecule has 0 aliphatic rings. The van der Waals surface area contributed by atoms with E-state index in [1.165, 1.54) is 0 Å². The van der Waals surface area contributed by atoms with E-state index in [1.807, 2.05) is 0 Å². The van der Waals surface area contributed by atoms with Gasteiger partial charge in [-0.3, -0.25) is 9.59 Å². The van der Waals surface area contributed by atoms with E-state index in [9.17, 15) is 9.59 Å².